The lowest BCUT2D eigenvalue weighted by atomic mass is 9.85. The van der Waals surface area contributed by atoms with E-state index in [2.05, 4.69) is 5.32 Å². The molecule has 0 radical (unpaired) electrons. The molecule has 0 aromatic heterocycles. The van der Waals surface area contributed by atoms with Gasteiger partial charge >= 0.3 is 0 Å². The van der Waals surface area contributed by atoms with Crippen LogP contribution >= 0.6 is 0 Å². The molecule has 0 saturated carbocycles. The van der Waals surface area contributed by atoms with Crippen LogP contribution in [0.4, 0.5) is 17.1 Å². The van der Waals surface area contributed by atoms with Gasteiger partial charge in [0.25, 0.3) is 11.6 Å². The number of amides is 2. The van der Waals surface area contributed by atoms with Crippen molar-refractivity contribution in [3.63, 3.8) is 0 Å². The van der Waals surface area contributed by atoms with Crippen LogP contribution in [0.5, 0.6) is 0 Å². The Kier molecular flexibility index (Phi) is 4.23. The predicted octanol–water partition coefficient (Wildman–Crippen LogP) is 3.49. The van der Waals surface area contributed by atoms with Crippen LogP contribution in [0.3, 0.4) is 0 Å². The van der Waals surface area contributed by atoms with Crippen molar-refractivity contribution < 1.29 is 14.5 Å². The zero-order valence-corrected chi connectivity index (χ0v) is 14.8. The molecule has 7 heteroatoms. The summed E-state index contributed by atoms with van der Waals surface area (Å²) >= 11 is 0. The molecule has 2 amide bonds. The summed E-state index contributed by atoms with van der Waals surface area (Å²) in [6, 6.07) is 11.4. The van der Waals surface area contributed by atoms with Crippen molar-refractivity contribution in [2.75, 3.05) is 16.8 Å². The molecule has 0 spiro atoms. The van der Waals surface area contributed by atoms with E-state index >= 15 is 0 Å². The van der Waals surface area contributed by atoms with Crippen molar-refractivity contribution in [2.24, 2.45) is 0 Å². The zero-order valence-electron chi connectivity index (χ0n) is 14.8. The largest absolute Gasteiger partial charge is 0.316 e. The lowest BCUT2D eigenvalue weighted by Crippen LogP contribution is -2.35. The Labute approximate surface area is 150 Å². The van der Waals surface area contributed by atoms with Gasteiger partial charge in [-0.1, -0.05) is 18.2 Å². The van der Waals surface area contributed by atoms with E-state index in [9.17, 15) is 19.7 Å². The molecular formula is C19H19N3O4. The molecule has 0 unspecified atom stereocenters. The molecule has 26 heavy (non-hydrogen) atoms. The minimum Gasteiger partial charge on any atom is -0.316 e. The summed E-state index contributed by atoms with van der Waals surface area (Å²) in [5, 5.41) is 14.1. The molecule has 0 saturated heterocycles. The predicted molar refractivity (Wildman–Crippen MR) is 98.5 cm³/mol. The Morgan fingerprint density at radius 3 is 2.46 bits per heavy atom. The van der Waals surface area contributed by atoms with Crippen LogP contribution in [0.15, 0.2) is 42.5 Å². The Hall–Kier alpha value is -3.22. The normalized spacial score (nSPS) is 14.9. The van der Waals surface area contributed by atoms with Gasteiger partial charge in [0.2, 0.25) is 5.91 Å². The maximum atomic E-state index is 12.6. The molecule has 1 aliphatic heterocycles. The highest BCUT2D eigenvalue weighted by molar-refractivity contribution is 6.10. The second-order valence-electron chi connectivity index (χ2n) is 6.64. The number of carbonyl (C=O) groups is 2. The van der Waals surface area contributed by atoms with Crippen LogP contribution in [-0.2, 0) is 10.2 Å². The van der Waals surface area contributed by atoms with Crippen LogP contribution in [0.1, 0.15) is 36.7 Å². The number of carbonyl (C=O) groups excluding carboxylic acids is 2. The third-order valence-corrected chi connectivity index (χ3v) is 4.66. The summed E-state index contributed by atoms with van der Waals surface area (Å²) in [6.45, 7) is 5.79. The minimum atomic E-state index is -0.813. The molecular weight excluding hydrogens is 334 g/mol. The number of anilines is 2. The smallest absolute Gasteiger partial charge is 0.294 e. The molecule has 1 N–H and O–H groups in total. The number of benzene rings is 2. The highest BCUT2D eigenvalue weighted by Crippen LogP contribution is 2.45. The summed E-state index contributed by atoms with van der Waals surface area (Å²) in [5.74, 6) is -0.557. The number of rotatable bonds is 4. The summed E-state index contributed by atoms with van der Waals surface area (Å²) in [5.41, 5.74) is 0.614. The van der Waals surface area contributed by atoms with Crippen LogP contribution in [-0.4, -0.2) is 23.3 Å². The fourth-order valence-corrected chi connectivity index (χ4v) is 3.21. The maximum absolute atomic E-state index is 12.6. The monoisotopic (exact) mass is 353 g/mol. The van der Waals surface area contributed by atoms with Gasteiger partial charge in [0, 0.05) is 18.2 Å². The summed E-state index contributed by atoms with van der Waals surface area (Å²) < 4.78 is 0. The first-order chi connectivity index (χ1) is 12.3. The van der Waals surface area contributed by atoms with Crippen molar-refractivity contribution >= 4 is 28.9 Å². The average molecular weight is 353 g/mol. The van der Waals surface area contributed by atoms with E-state index in [-0.39, 0.29) is 17.3 Å². The number of likely N-dealkylation sites (N-methyl/N-ethyl adjacent to an activating group) is 1. The summed E-state index contributed by atoms with van der Waals surface area (Å²) in [7, 11) is 0. The van der Waals surface area contributed by atoms with Gasteiger partial charge in [0.1, 0.15) is 5.69 Å². The number of nitrogens with one attached hydrogen (secondary N) is 1. The Bertz CT molecular complexity index is 907. The van der Waals surface area contributed by atoms with Gasteiger partial charge in [-0.15, -0.1) is 0 Å². The van der Waals surface area contributed by atoms with E-state index in [4.69, 9.17) is 0 Å². The minimum absolute atomic E-state index is 0.0847. The lowest BCUT2D eigenvalue weighted by Gasteiger charge is -2.18. The van der Waals surface area contributed by atoms with Crippen LogP contribution < -0.4 is 10.2 Å². The quantitative estimate of drug-likeness (QED) is 0.672. The van der Waals surface area contributed by atoms with E-state index in [0.717, 1.165) is 0 Å². The van der Waals surface area contributed by atoms with Crippen molar-refractivity contribution in [2.45, 2.75) is 26.2 Å². The molecule has 134 valence electrons. The lowest BCUT2D eigenvalue weighted by molar-refractivity contribution is -0.383. The fourth-order valence-electron chi connectivity index (χ4n) is 3.21. The first-order valence-electron chi connectivity index (χ1n) is 8.28. The molecule has 0 aliphatic carbocycles. The van der Waals surface area contributed by atoms with Crippen molar-refractivity contribution in [3.8, 4) is 0 Å². The van der Waals surface area contributed by atoms with Gasteiger partial charge in [0.05, 0.1) is 16.0 Å². The number of hydrogen-bond donors (Lipinski definition) is 1. The second kappa shape index (κ2) is 6.25. The van der Waals surface area contributed by atoms with Gasteiger partial charge < -0.3 is 10.2 Å². The fraction of sp³-hybridized carbons (Fsp3) is 0.263. The molecule has 7 nitrogen and oxygen atoms in total. The maximum Gasteiger partial charge on any atom is 0.294 e. The molecule has 0 atom stereocenters. The van der Waals surface area contributed by atoms with Crippen molar-refractivity contribution in [1.82, 2.24) is 0 Å². The Balaban J connectivity index is 2.09. The molecule has 1 heterocycles. The van der Waals surface area contributed by atoms with Crippen LogP contribution in [0.2, 0.25) is 0 Å². The Morgan fingerprint density at radius 1 is 1.23 bits per heavy atom. The highest BCUT2D eigenvalue weighted by atomic mass is 16.6. The van der Waals surface area contributed by atoms with Gasteiger partial charge in [-0.2, -0.15) is 0 Å². The first kappa shape index (κ1) is 17.6. The third-order valence-electron chi connectivity index (χ3n) is 4.66. The van der Waals surface area contributed by atoms with E-state index in [1.807, 2.05) is 6.92 Å². The molecule has 0 fully saturated rings. The van der Waals surface area contributed by atoms with Crippen LogP contribution in [0, 0.1) is 10.1 Å². The number of nitro benzene ring substituents is 1. The number of fused-ring (bicyclic) bond motifs is 1. The summed E-state index contributed by atoms with van der Waals surface area (Å²) in [6.07, 6.45) is 0. The molecule has 2 aromatic carbocycles. The zero-order chi connectivity index (χ0) is 19.1. The van der Waals surface area contributed by atoms with E-state index in [1.54, 1.807) is 50.2 Å². The third kappa shape index (κ3) is 2.71. The molecule has 2 aromatic rings. The van der Waals surface area contributed by atoms with Gasteiger partial charge in [-0.05, 0) is 44.5 Å². The highest BCUT2D eigenvalue weighted by Gasteiger charge is 2.44. The van der Waals surface area contributed by atoms with Gasteiger partial charge in [0.15, 0.2) is 0 Å². The van der Waals surface area contributed by atoms with Gasteiger partial charge in [-0.3, -0.25) is 19.7 Å². The number of nitrogens with zero attached hydrogens (tertiary/aromatic N) is 2. The molecule has 3 rings (SSSR count). The van der Waals surface area contributed by atoms with E-state index in [1.165, 1.54) is 11.0 Å². The number of nitro groups is 1. The van der Waals surface area contributed by atoms with Crippen molar-refractivity contribution in [3.05, 3.63) is 63.7 Å². The topological polar surface area (TPSA) is 92.6 Å². The first-order valence-corrected chi connectivity index (χ1v) is 8.28. The summed E-state index contributed by atoms with van der Waals surface area (Å²) in [4.78, 5) is 37.6. The standard InChI is InChI=1S/C19H19N3O4/c1-4-21-15-11-16(22(25)26)14(10-13(15)19(2,3)18(21)24)20-17(23)12-8-6-5-7-9-12/h5-11H,4H2,1-3H3,(H,20,23). The van der Waals surface area contributed by atoms with Crippen molar-refractivity contribution in [1.29, 1.82) is 0 Å². The number of hydrogen-bond acceptors (Lipinski definition) is 4. The van der Waals surface area contributed by atoms with E-state index < -0.39 is 16.2 Å². The molecule has 1 aliphatic rings. The Morgan fingerprint density at radius 2 is 1.88 bits per heavy atom. The second-order valence-corrected chi connectivity index (χ2v) is 6.64. The van der Waals surface area contributed by atoms with Crippen LogP contribution in [0.25, 0.3) is 0 Å². The molecule has 0 bridgehead atoms. The SMILES string of the molecule is CCN1C(=O)C(C)(C)c2cc(NC(=O)c3ccccc3)c([N+](=O)[O-])cc21. The van der Waals surface area contributed by atoms with Gasteiger partial charge in [-0.25, -0.2) is 0 Å². The average Bonchev–Trinajstić information content (AvgIpc) is 2.81. The van der Waals surface area contributed by atoms with E-state index in [0.29, 0.717) is 23.4 Å².